The molecular formula is C38H32N+. The lowest BCUT2D eigenvalue weighted by molar-refractivity contribution is -0.978. The monoisotopic (exact) mass is 502 g/mol. The van der Waals surface area contributed by atoms with E-state index in [0.29, 0.717) is 0 Å². The number of benzene rings is 6. The third-order valence-electron chi connectivity index (χ3n) is 9.39. The molecule has 188 valence electrons. The molecule has 1 heteroatoms. The second kappa shape index (κ2) is 8.40. The summed E-state index contributed by atoms with van der Waals surface area (Å²) >= 11 is 0. The van der Waals surface area contributed by atoms with Crippen LogP contribution in [0.15, 0.2) is 109 Å². The topological polar surface area (TPSA) is 0 Å². The van der Waals surface area contributed by atoms with Crippen molar-refractivity contribution in [2.45, 2.75) is 40.0 Å². The molecule has 6 aromatic carbocycles. The first-order valence-corrected chi connectivity index (χ1v) is 14.1. The summed E-state index contributed by atoms with van der Waals surface area (Å²) in [4.78, 5) is 0. The van der Waals surface area contributed by atoms with Crippen LogP contribution in [0.2, 0.25) is 0 Å². The molecule has 0 radical (unpaired) electrons. The molecule has 39 heavy (non-hydrogen) atoms. The second-order valence-corrected chi connectivity index (χ2v) is 11.8. The summed E-state index contributed by atoms with van der Waals surface area (Å²) < 4.78 is 1.01. The zero-order chi connectivity index (χ0) is 26.1. The number of hydrogen-bond donors (Lipinski definition) is 0. The van der Waals surface area contributed by atoms with Gasteiger partial charge in [0.05, 0.1) is 0 Å². The smallest absolute Gasteiger partial charge is 0.106 e. The molecule has 2 aliphatic heterocycles. The average Bonchev–Trinajstić information content (AvgIpc) is 3.19. The number of rotatable bonds is 0. The second-order valence-electron chi connectivity index (χ2n) is 11.8. The Kier molecular flexibility index (Phi) is 4.90. The minimum atomic E-state index is 1.01. The first-order valence-electron chi connectivity index (χ1n) is 14.1. The number of aryl methyl sites for hydroxylation is 2. The Morgan fingerprint density at radius 2 is 0.897 bits per heavy atom. The SMILES string of the molecule is Cc1cccc2c1C[N+]1(Cc3ccc4ccccc4c3-c3c(ccc4ccccc34)C1)Cc1c(C)cccc1-2. The molecule has 0 amide bonds. The van der Waals surface area contributed by atoms with Gasteiger partial charge in [-0.3, -0.25) is 0 Å². The molecule has 0 saturated heterocycles. The van der Waals surface area contributed by atoms with Crippen molar-refractivity contribution in [3.8, 4) is 22.3 Å². The van der Waals surface area contributed by atoms with Gasteiger partial charge in [-0.1, -0.05) is 109 Å². The summed E-state index contributed by atoms with van der Waals surface area (Å²) in [5, 5.41) is 5.38. The van der Waals surface area contributed by atoms with Gasteiger partial charge in [0.15, 0.2) is 0 Å². The van der Waals surface area contributed by atoms with Crippen LogP contribution in [0.5, 0.6) is 0 Å². The van der Waals surface area contributed by atoms with E-state index >= 15 is 0 Å². The van der Waals surface area contributed by atoms with Gasteiger partial charge < -0.3 is 4.48 Å². The number of nitrogens with zero attached hydrogens (tertiary/aromatic N) is 1. The fraction of sp³-hybridized carbons (Fsp3) is 0.158. The van der Waals surface area contributed by atoms with Gasteiger partial charge in [0.2, 0.25) is 0 Å². The molecular weight excluding hydrogens is 470 g/mol. The first-order chi connectivity index (χ1) is 19.1. The predicted molar refractivity (Wildman–Crippen MR) is 163 cm³/mol. The quantitative estimate of drug-likeness (QED) is 0.181. The predicted octanol–water partition coefficient (Wildman–Crippen LogP) is 9.49. The van der Waals surface area contributed by atoms with Crippen molar-refractivity contribution < 1.29 is 4.48 Å². The van der Waals surface area contributed by atoms with Gasteiger partial charge in [-0.25, -0.2) is 0 Å². The minimum Gasteiger partial charge on any atom is -0.309 e. The summed E-state index contributed by atoms with van der Waals surface area (Å²) in [6, 6.07) is 41.2. The van der Waals surface area contributed by atoms with E-state index in [1.807, 2.05) is 0 Å². The normalized spacial score (nSPS) is 15.2. The Hall–Kier alpha value is -4.20. The van der Waals surface area contributed by atoms with Crippen molar-refractivity contribution in [3.63, 3.8) is 0 Å². The van der Waals surface area contributed by atoms with Crippen molar-refractivity contribution >= 4 is 21.5 Å². The molecule has 1 nitrogen and oxygen atoms in total. The van der Waals surface area contributed by atoms with Crippen LogP contribution in [-0.4, -0.2) is 4.48 Å². The van der Waals surface area contributed by atoms with Crippen LogP contribution in [-0.2, 0) is 26.2 Å². The molecule has 0 bridgehead atoms. The van der Waals surface area contributed by atoms with E-state index in [1.165, 1.54) is 77.2 Å². The Bertz CT molecular complexity index is 1800. The average molecular weight is 503 g/mol. The molecule has 0 atom stereocenters. The zero-order valence-electron chi connectivity index (χ0n) is 22.7. The maximum atomic E-state index is 2.43. The van der Waals surface area contributed by atoms with E-state index < -0.39 is 0 Å². The van der Waals surface area contributed by atoms with Crippen molar-refractivity contribution in [2.75, 3.05) is 0 Å². The van der Waals surface area contributed by atoms with Gasteiger partial charge in [0.25, 0.3) is 0 Å². The Morgan fingerprint density at radius 3 is 1.38 bits per heavy atom. The van der Waals surface area contributed by atoms with Crippen LogP contribution >= 0.6 is 0 Å². The molecule has 0 unspecified atom stereocenters. The zero-order valence-corrected chi connectivity index (χ0v) is 22.7. The molecule has 1 spiro atoms. The van der Waals surface area contributed by atoms with E-state index in [2.05, 4.69) is 123 Å². The van der Waals surface area contributed by atoms with Gasteiger partial charge in [-0.05, 0) is 68.8 Å². The third kappa shape index (κ3) is 3.43. The molecule has 0 aliphatic carbocycles. The summed E-state index contributed by atoms with van der Waals surface area (Å²) in [7, 11) is 0. The molecule has 2 heterocycles. The van der Waals surface area contributed by atoms with Crippen LogP contribution in [0.25, 0.3) is 43.8 Å². The maximum absolute atomic E-state index is 2.43. The molecule has 2 aliphatic rings. The van der Waals surface area contributed by atoms with Crippen LogP contribution in [0.3, 0.4) is 0 Å². The van der Waals surface area contributed by atoms with Crippen molar-refractivity contribution in [2.24, 2.45) is 0 Å². The maximum Gasteiger partial charge on any atom is 0.106 e. The molecule has 0 N–H and O–H groups in total. The highest BCUT2D eigenvalue weighted by molar-refractivity contribution is 6.07. The van der Waals surface area contributed by atoms with Crippen LogP contribution in [0.1, 0.15) is 33.4 Å². The van der Waals surface area contributed by atoms with Crippen LogP contribution < -0.4 is 0 Å². The summed E-state index contributed by atoms with van der Waals surface area (Å²) in [5.74, 6) is 0. The summed E-state index contributed by atoms with van der Waals surface area (Å²) in [6.45, 7) is 8.71. The van der Waals surface area contributed by atoms with E-state index in [4.69, 9.17) is 0 Å². The highest BCUT2D eigenvalue weighted by Crippen LogP contribution is 2.47. The van der Waals surface area contributed by atoms with E-state index in [0.717, 1.165) is 30.7 Å². The Morgan fingerprint density at radius 1 is 0.436 bits per heavy atom. The lowest BCUT2D eigenvalue weighted by Gasteiger charge is -2.38. The lowest BCUT2D eigenvalue weighted by atomic mass is 9.88. The van der Waals surface area contributed by atoms with Gasteiger partial charge in [-0.15, -0.1) is 0 Å². The first kappa shape index (κ1) is 22.8. The fourth-order valence-corrected chi connectivity index (χ4v) is 7.55. The minimum absolute atomic E-state index is 1.01. The standard InChI is InChI=1S/C38H32N/c1-25-9-7-15-33-34-16-8-10-26(2)36(34)24-39(23-35(25)33)21-29-19-17-27-11-3-5-13-31(27)37(29)38-30(22-39)20-18-28-12-4-6-14-32(28)38/h3-20H,21-24H2,1-2H3/q+1. The number of quaternary nitrogens is 1. The van der Waals surface area contributed by atoms with Gasteiger partial charge >= 0.3 is 0 Å². The van der Waals surface area contributed by atoms with Gasteiger partial charge in [-0.2, -0.15) is 0 Å². The van der Waals surface area contributed by atoms with Gasteiger partial charge in [0.1, 0.15) is 26.2 Å². The Labute approximate surface area is 230 Å². The van der Waals surface area contributed by atoms with E-state index in [1.54, 1.807) is 0 Å². The lowest BCUT2D eigenvalue weighted by Crippen LogP contribution is -2.44. The third-order valence-corrected chi connectivity index (χ3v) is 9.39. The molecule has 0 fully saturated rings. The highest BCUT2D eigenvalue weighted by atomic mass is 15.4. The van der Waals surface area contributed by atoms with E-state index in [-0.39, 0.29) is 0 Å². The summed E-state index contributed by atoms with van der Waals surface area (Å²) in [6.07, 6.45) is 0. The molecule has 6 aromatic rings. The summed E-state index contributed by atoms with van der Waals surface area (Å²) in [5.41, 5.74) is 14.5. The fourth-order valence-electron chi connectivity index (χ4n) is 7.55. The molecule has 8 rings (SSSR count). The number of fused-ring (bicyclic) bond motifs is 10. The number of hydrogen-bond acceptors (Lipinski definition) is 0. The highest BCUT2D eigenvalue weighted by Gasteiger charge is 2.39. The Balaban J connectivity index is 1.46. The molecule has 0 aromatic heterocycles. The van der Waals surface area contributed by atoms with E-state index in [9.17, 15) is 0 Å². The van der Waals surface area contributed by atoms with Crippen molar-refractivity contribution in [3.05, 3.63) is 143 Å². The van der Waals surface area contributed by atoms with Gasteiger partial charge in [0, 0.05) is 22.3 Å². The van der Waals surface area contributed by atoms with Crippen LogP contribution in [0.4, 0.5) is 0 Å². The molecule has 0 saturated carbocycles. The van der Waals surface area contributed by atoms with Crippen LogP contribution in [0, 0.1) is 13.8 Å². The van der Waals surface area contributed by atoms with Crippen molar-refractivity contribution in [1.29, 1.82) is 0 Å². The van der Waals surface area contributed by atoms with Crippen molar-refractivity contribution in [1.82, 2.24) is 0 Å². The largest absolute Gasteiger partial charge is 0.309 e.